The summed E-state index contributed by atoms with van der Waals surface area (Å²) in [6.45, 7) is 2.01. The summed E-state index contributed by atoms with van der Waals surface area (Å²) in [6, 6.07) is 5.60. The van der Waals surface area contributed by atoms with Gasteiger partial charge >= 0.3 is 0 Å². The summed E-state index contributed by atoms with van der Waals surface area (Å²) in [5.41, 5.74) is 0.917. The summed E-state index contributed by atoms with van der Waals surface area (Å²) in [4.78, 5) is 0. The van der Waals surface area contributed by atoms with E-state index in [1.165, 1.54) is 0 Å². The highest BCUT2D eigenvalue weighted by Crippen LogP contribution is 2.34. The molecule has 1 N–H and O–H groups in total. The van der Waals surface area contributed by atoms with Crippen molar-refractivity contribution in [1.29, 1.82) is 0 Å². The quantitative estimate of drug-likeness (QED) is 0.798. The number of rotatable bonds is 4. The van der Waals surface area contributed by atoms with E-state index in [1.807, 2.05) is 25.1 Å². The molecule has 0 aliphatic carbocycles. The predicted octanol–water partition coefficient (Wildman–Crippen LogP) is 1.80. The van der Waals surface area contributed by atoms with Crippen LogP contribution in [0.2, 0.25) is 0 Å². The lowest BCUT2D eigenvalue weighted by Crippen LogP contribution is -2.04. The molecule has 0 radical (unpaired) electrons. The van der Waals surface area contributed by atoms with Crippen molar-refractivity contribution in [3.63, 3.8) is 0 Å². The van der Waals surface area contributed by atoms with Crippen LogP contribution in [-0.2, 0) is 0 Å². The molecule has 0 aromatic heterocycles. The van der Waals surface area contributed by atoms with E-state index in [-0.39, 0.29) is 12.5 Å². The number of methoxy groups -OCH3 is 2. The Morgan fingerprint density at radius 1 is 1.21 bits per heavy atom. The minimum Gasteiger partial charge on any atom is -0.496 e. The molecule has 78 valence electrons. The average molecular weight is 196 g/mol. The second-order valence-electron chi connectivity index (χ2n) is 3.16. The molecule has 0 aliphatic heterocycles. The molecule has 1 unspecified atom stereocenters. The SMILES string of the molecule is COc1cccc(OC)c1C(C)CO. The molecule has 0 bridgehead atoms. The highest BCUT2D eigenvalue weighted by molar-refractivity contribution is 5.46. The van der Waals surface area contributed by atoms with Gasteiger partial charge in [0, 0.05) is 18.1 Å². The number of hydrogen-bond donors (Lipinski definition) is 1. The zero-order valence-corrected chi connectivity index (χ0v) is 8.78. The first kappa shape index (κ1) is 10.9. The number of benzene rings is 1. The Bertz CT molecular complexity index is 274. The molecule has 1 rings (SSSR count). The lowest BCUT2D eigenvalue weighted by atomic mass is 10.00. The fourth-order valence-electron chi connectivity index (χ4n) is 1.46. The van der Waals surface area contributed by atoms with Crippen LogP contribution in [-0.4, -0.2) is 25.9 Å². The fraction of sp³-hybridized carbons (Fsp3) is 0.455. The van der Waals surface area contributed by atoms with Crippen LogP contribution in [0.4, 0.5) is 0 Å². The van der Waals surface area contributed by atoms with E-state index in [0.717, 1.165) is 17.1 Å². The van der Waals surface area contributed by atoms with Crippen LogP contribution < -0.4 is 9.47 Å². The van der Waals surface area contributed by atoms with Crippen molar-refractivity contribution < 1.29 is 14.6 Å². The standard InChI is InChI=1S/C11H16O3/c1-8(7-12)11-9(13-2)5-4-6-10(11)14-3/h4-6,8,12H,7H2,1-3H3. The molecule has 0 aliphatic rings. The average Bonchev–Trinajstić information content (AvgIpc) is 2.26. The molecule has 14 heavy (non-hydrogen) atoms. The molecular weight excluding hydrogens is 180 g/mol. The maximum absolute atomic E-state index is 9.12. The van der Waals surface area contributed by atoms with Gasteiger partial charge in [-0.15, -0.1) is 0 Å². The topological polar surface area (TPSA) is 38.7 Å². The zero-order chi connectivity index (χ0) is 10.6. The van der Waals surface area contributed by atoms with Gasteiger partial charge in [-0.3, -0.25) is 0 Å². The largest absolute Gasteiger partial charge is 0.496 e. The zero-order valence-electron chi connectivity index (χ0n) is 8.78. The number of hydrogen-bond acceptors (Lipinski definition) is 3. The Labute approximate surface area is 84.3 Å². The van der Waals surface area contributed by atoms with E-state index >= 15 is 0 Å². The monoisotopic (exact) mass is 196 g/mol. The van der Waals surface area contributed by atoms with Crippen molar-refractivity contribution in [1.82, 2.24) is 0 Å². The Hall–Kier alpha value is -1.22. The van der Waals surface area contributed by atoms with Crippen LogP contribution in [0, 0.1) is 0 Å². The van der Waals surface area contributed by atoms with E-state index < -0.39 is 0 Å². The molecule has 0 fully saturated rings. The number of aliphatic hydroxyl groups is 1. The molecule has 1 atom stereocenters. The van der Waals surface area contributed by atoms with Gasteiger partial charge in [0.25, 0.3) is 0 Å². The van der Waals surface area contributed by atoms with Crippen LogP contribution in [0.15, 0.2) is 18.2 Å². The van der Waals surface area contributed by atoms with Gasteiger partial charge in [-0.2, -0.15) is 0 Å². The van der Waals surface area contributed by atoms with E-state index in [2.05, 4.69) is 0 Å². The molecule has 3 nitrogen and oxygen atoms in total. The highest BCUT2D eigenvalue weighted by atomic mass is 16.5. The summed E-state index contributed by atoms with van der Waals surface area (Å²) in [5, 5.41) is 9.12. The molecule has 1 aromatic rings. The van der Waals surface area contributed by atoms with Crippen molar-refractivity contribution in [3.8, 4) is 11.5 Å². The smallest absolute Gasteiger partial charge is 0.126 e. The molecule has 0 saturated heterocycles. The van der Waals surface area contributed by atoms with Crippen molar-refractivity contribution >= 4 is 0 Å². The minimum absolute atomic E-state index is 0.0149. The highest BCUT2D eigenvalue weighted by Gasteiger charge is 2.15. The van der Waals surface area contributed by atoms with Crippen molar-refractivity contribution in [3.05, 3.63) is 23.8 Å². The lowest BCUT2D eigenvalue weighted by Gasteiger charge is -2.16. The summed E-state index contributed by atoms with van der Waals surface area (Å²) in [5.74, 6) is 1.53. The molecule has 3 heteroatoms. The van der Waals surface area contributed by atoms with E-state index in [1.54, 1.807) is 14.2 Å². The first-order chi connectivity index (χ1) is 6.74. The van der Waals surface area contributed by atoms with Crippen molar-refractivity contribution in [2.45, 2.75) is 12.8 Å². The second-order valence-corrected chi connectivity index (χ2v) is 3.16. The molecule has 0 amide bonds. The maximum Gasteiger partial charge on any atom is 0.126 e. The van der Waals surface area contributed by atoms with E-state index in [0.29, 0.717) is 0 Å². The third-order valence-corrected chi connectivity index (χ3v) is 2.23. The third kappa shape index (κ3) is 1.99. The molecule has 0 saturated carbocycles. The molecule has 1 aromatic carbocycles. The van der Waals surface area contributed by atoms with Crippen molar-refractivity contribution in [2.24, 2.45) is 0 Å². The van der Waals surface area contributed by atoms with Crippen LogP contribution >= 0.6 is 0 Å². The maximum atomic E-state index is 9.12. The Balaban J connectivity index is 3.18. The van der Waals surface area contributed by atoms with Gasteiger partial charge in [0.15, 0.2) is 0 Å². The van der Waals surface area contributed by atoms with Gasteiger partial charge in [-0.1, -0.05) is 13.0 Å². The number of aliphatic hydroxyl groups excluding tert-OH is 1. The lowest BCUT2D eigenvalue weighted by molar-refractivity contribution is 0.265. The minimum atomic E-state index is 0.0149. The predicted molar refractivity (Wildman–Crippen MR) is 55.0 cm³/mol. The van der Waals surface area contributed by atoms with Crippen LogP contribution in [0.3, 0.4) is 0 Å². The van der Waals surface area contributed by atoms with Crippen LogP contribution in [0.1, 0.15) is 18.4 Å². The van der Waals surface area contributed by atoms with Gasteiger partial charge < -0.3 is 14.6 Å². The summed E-state index contributed by atoms with van der Waals surface area (Å²) in [6.07, 6.45) is 0. The molecule has 0 heterocycles. The third-order valence-electron chi connectivity index (χ3n) is 2.23. The number of ether oxygens (including phenoxy) is 2. The van der Waals surface area contributed by atoms with Crippen LogP contribution in [0.5, 0.6) is 11.5 Å². The Morgan fingerprint density at radius 2 is 1.71 bits per heavy atom. The van der Waals surface area contributed by atoms with E-state index in [9.17, 15) is 0 Å². The van der Waals surface area contributed by atoms with Gasteiger partial charge in [0.05, 0.1) is 14.2 Å². The van der Waals surface area contributed by atoms with E-state index in [4.69, 9.17) is 14.6 Å². The Kier molecular flexibility index (Phi) is 3.77. The normalized spacial score (nSPS) is 12.3. The van der Waals surface area contributed by atoms with Crippen molar-refractivity contribution in [2.75, 3.05) is 20.8 Å². The summed E-state index contributed by atoms with van der Waals surface area (Å²) in [7, 11) is 3.23. The molecule has 0 spiro atoms. The van der Waals surface area contributed by atoms with Gasteiger partial charge in [-0.25, -0.2) is 0 Å². The Morgan fingerprint density at radius 3 is 2.07 bits per heavy atom. The summed E-state index contributed by atoms with van der Waals surface area (Å²) < 4.78 is 10.4. The van der Waals surface area contributed by atoms with Gasteiger partial charge in [-0.05, 0) is 12.1 Å². The second kappa shape index (κ2) is 4.86. The molecular formula is C11H16O3. The van der Waals surface area contributed by atoms with Gasteiger partial charge in [0.1, 0.15) is 11.5 Å². The van der Waals surface area contributed by atoms with Gasteiger partial charge in [0.2, 0.25) is 0 Å². The summed E-state index contributed by atoms with van der Waals surface area (Å²) >= 11 is 0. The van der Waals surface area contributed by atoms with Crippen LogP contribution in [0.25, 0.3) is 0 Å². The first-order valence-electron chi connectivity index (χ1n) is 4.56. The fourth-order valence-corrected chi connectivity index (χ4v) is 1.46. The first-order valence-corrected chi connectivity index (χ1v) is 4.56.